The van der Waals surface area contributed by atoms with Crippen molar-refractivity contribution >= 4 is 0 Å². The number of rotatable bonds is 5. The molecule has 1 atom stereocenters. The fourth-order valence-corrected chi connectivity index (χ4v) is 1.79. The van der Waals surface area contributed by atoms with E-state index in [4.69, 9.17) is 0 Å². The Hall–Kier alpha value is -1.03. The van der Waals surface area contributed by atoms with E-state index < -0.39 is 17.5 Å². The van der Waals surface area contributed by atoms with Gasteiger partial charge in [-0.15, -0.1) is 0 Å². The molecule has 0 aliphatic rings. The first-order valence-electron chi connectivity index (χ1n) is 5.77. The molecular formula is C13H18F3N. The van der Waals surface area contributed by atoms with E-state index in [1.54, 1.807) is 0 Å². The van der Waals surface area contributed by atoms with Gasteiger partial charge in [-0.3, -0.25) is 0 Å². The van der Waals surface area contributed by atoms with Crippen LogP contribution in [0.5, 0.6) is 0 Å². The van der Waals surface area contributed by atoms with Crippen LogP contribution in [0.25, 0.3) is 0 Å². The van der Waals surface area contributed by atoms with Crippen LogP contribution in [0.2, 0.25) is 0 Å². The van der Waals surface area contributed by atoms with Gasteiger partial charge in [-0.1, -0.05) is 13.8 Å². The monoisotopic (exact) mass is 245 g/mol. The van der Waals surface area contributed by atoms with E-state index in [2.05, 4.69) is 19.2 Å². The van der Waals surface area contributed by atoms with Crippen LogP contribution in [-0.4, -0.2) is 6.04 Å². The van der Waals surface area contributed by atoms with Crippen molar-refractivity contribution in [3.8, 4) is 0 Å². The summed E-state index contributed by atoms with van der Waals surface area (Å²) in [7, 11) is 0. The molecule has 0 bridgehead atoms. The minimum absolute atomic E-state index is 0.256. The molecule has 0 saturated carbocycles. The molecule has 0 aliphatic carbocycles. The fourth-order valence-electron chi connectivity index (χ4n) is 1.79. The van der Waals surface area contributed by atoms with Gasteiger partial charge in [-0.05, 0) is 37.0 Å². The molecule has 0 spiro atoms. The number of nitrogens with one attached hydrogen (secondary N) is 1. The molecule has 0 fully saturated rings. The molecule has 0 aliphatic heterocycles. The van der Waals surface area contributed by atoms with Gasteiger partial charge in [-0.2, -0.15) is 0 Å². The largest absolute Gasteiger partial charge is 0.310 e. The van der Waals surface area contributed by atoms with Gasteiger partial charge in [0, 0.05) is 12.6 Å². The van der Waals surface area contributed by atoms with E-state index >= 15 is 0 Å². The highest BCUT2D eigenvalue weighted by molar-refractivity contribution is 5.19. The Kier molecular flexibility index (Phi) is 5.00. The van der Waals surface area contributed by atoms with Crippen molar-refractivity contribution in [1.29, 1.82) is 0 Å². The van der Waals surface area contributed by atoms with Crippen molar-refractivity contribution in [1.82, 2.24) is 5.32 Å². The molecule has 4 heteroatoms. The first-order chi connectivity index (χ1) is 7.90. The predicted molar refractivity (Wildman–Crippen MR) is 62.1 cm³/mol. The molecule has 1 N–H and O–H groups in total. The van der Waals surface area contributed by atoms with Crippen molar-refractivity contribution < 1.29 is 13.2 Å². The van der Waals surface area contributed by atoms with Gasteiger partial charge in [-0.25, -0.2) is 13.2 Å². The number of halogens is 3. The van der Waals surface area contributed by atoms with E-state index in [-0.39, 0.29) is 6.04 Å². The molecule has 1 nitrogen and oxygen atoms in total. The molecule has 1 aromatic rings. The lowest BCUT2D eigenvalue weighted by atomic mass is 10.0. The maximum absolute atomic E-state index is 12.9. The van der Waals surface area contributed by atoms with Crippen LogP contribution in [0.1, 0.15) is 32.8 Å². The molecule has 1 unspecified atom stereocenters. The van der Waals surface area contributed by atoms with E-state index in [1.165, 1.54) is 0 Å². The molecule has 0 radical (unpaired) electrons. The smallest absolute Gasteiger partial charge is 0.194 e. The second kappa shape index (κ2) is 6.05. The van der Waals surface area contributed by atoms with E-state index in [9.17, 15) is 13.2 Å². The highest BCUT2D eigenvalue weighted by Gasteiger charge is 2.11. The quantitative estimate of drug-likeness (QED) is 0.781. The molecule has 0 amide bonds. The van der Waals surface area contributed by atoms with Crippen LogP contribution in [0.4, 0.5) is 13.2 Å². The highest BCUT2D eigenvalue weighted by Crippen LogP contribution is 2.14. The Morgan fingerprint density at radius 2 is 1.59 bits per heavy atom. The predicted octanol–water partition coefficient (Wildman–Crippen LogP) is 3.63. The normalized spacial score (nSPS) is 13.1. The molecule has 0 aromatic heterocycles. The van der Waals surface area contributed by atoms with Gasteiger partial charge in [0.1, 0.15) is 0 Å². The molecular weight excluding hydrogens is 227 g/mol. The molecule has 1 aromatic carbocycles. The van der Waals surface area contributed by atoms with Gasteiger partial charge in [0.15, 0.2) is 17.5 Å². The summed E-state index contributed by atoms with van der Waals surface area (Å²) < 4.78 is 38.6. The Bertz CT molecular complexity index is 354. The summed E-state index contributed by atoms with van der Waals surface area (Å²) in [5, 5.41) is 3.15. The summed E-state index contributed by atoms with van der Waals surface area (Å²) in [6.07, 6.45) is 0.978. The van der Waals surface area contributed by atoms with Crippen LogP contribution in [-0.2, 0) is 6.54 Å². The second-order valence-electron chi connectivity index (χ2n) is 4.78. The third-order valence-corrected chi connectivity index (χ3v) is 2.52. The lowest BCUT2D eigenvalue weighted by molar-refractivity contribution is 0.430. The average Bonchev–Trinajstić information content (AvgIpc) is 2.22. The lowest BCUT2D eigenvalue weighted by Gasteiger charge is -2.16. The van der Waals surface area contributed by atoms with Crippen molar-refractivity contribution in [2.45, 2.75) is 39.8 Å². The maximum atomic E-state index is 12.9. The van der Waals surface area contributed by atoms with Gasteiger partial charge in [0.25, 0.3) is 0 Å². The van der Waals surface area contributed by atoms with Crippen LogP contribution in [0.15, 0.2) is 12.1 Å². The van der Waals surface area contributed by atoms with Gasteiger partial charge >= 0.3 is 0 Å². The van der Waals surface area contributed by atoms with Crippen molar-refractivity contribution in [2.24, 2.45) is 5.92 Å². The minimum Gasteiger partial charge on any atom is -0.310 e. The molecule has 96 valence electrons. The Balaban J connectivity index is 2.58. The van der Waals surface area contributed by atoms with Gasteiger partial charge in [0.2, 0.25) is 0 Å². The van der Waals surface area contributed by atoms with Crippen molar-refractivity contribution in [3.05, 3.63) is 35.1 Å². The minimum atomic E-state index is -1.41. The first kappa shape index (κ1) is 14.0. The Labute approximate surface area is 100 Å². The summed E-state index contributed by atoms with van der Waals surface area (Å²) in [4.78, 5) is 0. The number of hydrogen-bond donors (Lipinski definition) is 1. The van der Waals surface area contributed by atoms with Crippen LogP contribution < -0.4 is 5.32 Å². The number of hydrogen-bond acceptors (Lipinski definition) is 1. The van der Waals surface area contributed by atoms with Gasteiger partial charge < -0.3 is 5.32 Å². The number of benzene rings is 1. The molecule has 1 rings (SSSR count). The fraction of sp³-hybridized carbons (Fsp3) is 0.538. The summed E-state index contributed by atoms with van der Waals surface area (Å²) >= 11 is 0. The summed E-state index contributed by atoms with van der Waals surface area (Å²) in [6, 6.07) is 2.30. The third kappa shape index (κ3) is 4.38. The summed E-state index contributed by atoms with van der Waals surface area (Å²) in [6.45, 7) is 6.56. The van der Waals surface area contributed by atoms with Crippen molar-refractivity contribution in [2.75, 3.05) is 0 Å². The summed E-state index contributed by atoms with van der Waals surface area (Å²) in [5.41, 5.74) is 0.414. The lowest BCUT2D eigenvalue weighted by Crippen LogP contribution is -2.27. The molecule has 17 heavy (non-hydrogen) atoms. The zero-order valence-corrected chi connectivity index (χ0v) is 10.4. The Morgan fingerprint density at radius 3 is 2.06 bits per heavy atom. The first-order valence-corrected chi connectivity index (χ1v) is 5.77. The SMILES string of the molecule is CC(C)CC(C)NCc1cc(F)c(F)c(F)c1. The topological polar surface area (TPSA) is 12.0 Å². The average molecular weight is 245 g/mol. The van der Waals surface area contributed by atoms with E-state index in [0.717, 1.165) is 18.6 Å². The van der Waals surface area contributed by atoms with E-state index in [0.29, 0.717) is 18.0 Å². The highest BCUT2D eigenvalue weighted by atomic mass is 19.2. The second-order valence-corrected chi connectivity index (χ2v) is 4.78. The zero-order valence-electron chi connectivity index (χ0n) is 10.4. The van der Waals surface area contributed by atoms with Crippen LogP contribution >= 0.6 is 0 Å². The van der Waals surface area contributed by atoms with E-state index in [1.807, 2.05) is 6.92 Å². The zero-order chi connectivity index (χ0) is 13.0. The molecule has 0 heterocycles. The molecule has 0 saturated heterocycles. The summed E-state index contributed by atoms with van der Waals surface area (Å²) in [5.74, 6) is -3.14. The van der Waals surface area contributed by atoms with Crippen LogP contribution in [0.3, 0.4) is 0 Å². The maximum Gasteiger partial charge on any atom is 0.194 e. The van der Waals surface area contributed by atoms with Gasteiger partial charge in [0.05, 0.1) is 0 Å². The Morgan fingerprint density at radius 1 is 1.06 bits per heavy atom. The standard InChI is InChI=1S/C13H18F3N/c1-8(2)4-9(3)17-7-10-5-11(14)13(16)12(15)6-10/h5-6,8-9,17H,4,7H2,1-3H3. The van der Waals surface area contributed by atoms with Crippen molar-refractivity contribution in [3.63, 3.8) is 0 Å². The third-order valence-electron chi connectivity index (χ3n) is 2.52. The van der Waals surface area contributed by atoms with Crippen LogP contribution in [0, 0.1) is 23.4 Å².